The predicted octanol–water partition coefficient (Wildman–Crippen LogP) is 5.16. The van der Waals surface area contributed by atoms with Gasteiger partial charge in [0, 0.05) is 4.88 Å². The highest BCUT2D eigenvalue weighted by molar-refractivity contribution is 9.09. The van der Waals surface area contributed by atoms with E-state index >= 15 is 0 Å². The Morgan fingerprint density at radius 1 is 1.12 bits per heavy atom. The van der Waals surface area contributed by atoms with E-state index in [-0.39, 0.29) is 4.83 Å². The standard InChI is InChI=1S/C11H6BrClF2S/c12-11(9-3-4-10(13)16-9)6-1-2-7(14)8(15)5-6/h1-5,11H. The minimum atomic E-state index is -0.843. The molecule has 0 nitrogen and oxygen atoms in total. The topological polar surface area (TPSA) is 0 Å². The Bertz CT molecular complexity index is 512. The zero-order valence-electron chi connectivity index (χ0n) is 7.88. The highest BCUT2D eigenvalue weighted by atomic mass is 79.9. The Morgan fingerprint density at radius 3 is 2.44 bits per heavy atom. The van der Waals surface area contributed by atoms with Crippen molar-refractivity contribution in [2.24, 2.45) is 0 Å². The second-order valence-corrected chi connectivity index (χ2v) is 5.84. The van der Waals surface area contributed by atoms with Gasteiger partial charge in [0.05, 0.1) is 9.16 Å². The van der Waals surface area contributed by atoms with Crippen LogP contribution in [-0.2, 0) is 0 Å². The van der Waals surface area contributed by atoms with Crippen molar-refractivity contribution >= 4 is 38.9 Å². The summed E-state index contributed by atoms with van der Waals surface area (Å²) in [7, 11) is 0. The van der Waals surface area contributed by atoms with Gasteiger partial charge in [-0.2, -0.15) is 0 Å². The van der Waals surface area contributed by atoms with Crippen LogP contribution in [0.2, 0.25) is 4.34 Å². The third kappa shape index (κ3) is 2.44. The van der Waals surface area contributed by atoms with Crippen LogP contribution in [0, 0.1) is 11.6 Å². The fourth-order valence-corrected chi connectivity index (χ4v) is 3.08. The van der Waals surface area contributed by atoms with Crippen molar-refractivity contribution in [3.8, 4) is 0 Å². The van der Waals surface area contributed by atoms with E-state index in [4.69, 9.17) is 11.6 Å². The van der Waals surface area contributed by atoms with Gasteiger partial charge in [-0.15, -0.1) is 11.3 Å². The van der Waals surface area contributed by atoms with E-state index < -0.39 is 11.6 Å². The van der Waals surface area contributed by atoms with E-state index in [9.17, 15) is 8.78 Å². The predicted molar refractivity (Wildman–Crippen MR) is 66.5 cm³/mol. The fourth-order valence-electron chi connectivity index (χ4n) is 1.30. The van der Waals surface area contributed by atoms with Gasteiger partial charge in [-0.3, -0.25) is 0 Å². The molecular weight excluding hydrogens is 318 g/mol. The summed E-state index contributed by atoms with van der Waals surface area (Å²) in [6, 6.07) is 7.48. The molecule has 1 aromatic heterocycles. The van der Waals surface area contributed by atoms with Gasteiger partial charge in [-0.1, -0.05) is 33.6 Å². The highest BCUT2D eigenvalue weighted by Crippen LogP contribution is 2.37. The van der Waals surface area contributed by atoms with Gasteiger partial charge in [-0.25, -0.2) is 8.78 Å². The first-order valence-corrected chi connectivity index (χ1v) is 6.53. The summed E-state index contributed by atoms with van der Waals surface area (Å²) in [5.74, 6) is -1.68. The lowest BCUT2D eigenvalue weighted by molar-refractivity contribution is 0.507. The second kappa shape index (κ2) is 4.82. The van der Waals surface area contributed by atoms with Gasteiger partial charge in [0.2, 0.25) is 0 Å². The average Bonchev–Trinajstić information content (AvgIpc) is 2.68. The lowest BCUT2D eigenvalue weighted by atomic mass is 10.1. The first-order chi connectivity index (χ1) is 7.58. The van der Waals surface area contributed by atoms with Crippen molar-refractivity contribution in [1.82, 2.24) is 0 Å². The number of hydrogen-bond acceptors (Lipinski definition) is 1. The normalized spacial score (nSPS) is 12.8. The minimum absolute atomic E-state index is 0.167. The molecule has 0 bridgehead atoms. The van der Waals surface area contributed by atoms with Gasteiger partial charge in [0.25, 0.3) is 0 Å². The molecule has 1 aromatic carbocycles. The van der Waals surface area contributed by atoms with Crippen molar-refractivity contribution in [2.45, 2.75) is 4.83 Å². The van der Waals surface area contributed by atoms with Crippen LogP contribution in [-0.4, -0.2) is 0 Å². The Kier molecular flexibility index (Phi) is 3.62. The molecule has 5 heteroatoms. The maximum Gasteiger partial charge on any atom is 0.159 e. The van der Waals surface area contributed by atoms with Crippen LogP contribution in [0.5, 0.6) is 0 Å². The number of halogens is 4. The molecule has 0 radical (unpaired) electrons. The smallest absolute Gasteiger partial charge is 0.159 e. The first kappa shape index (κ1) is 12.0. The van der Waals surface area contributed by atoms with Crippen LogP contribution in [0.3, 0.4) is 0 Å². The molecule has 1 heterocycles. The molecule has 1 atom stereocenters. The summed E-state index contributed by atoms with van der Waals surface area (Å²) in [6.07, 6.45) is 0. The van der Waals surface area contributed by atoms with Gasteiger partial charge >= 0.3 is 0 Å². The molecule has 1 unspecified atom stereocenters. The van der Waals surface area contributed by atoms with Crippen molar-refractivity contribution in [3.63, 3.8) is 0 Å². The van der Waals surface area contributed by atoms with Crippen LogP contribution in [0.25, 0.3) is 0 Å². The highest BCUT2D eigenvalue weighted by Gasteiger charge is 2.14. The molecule has 0 aliphatic carbocycles. The Morgan fingerprint density at radius 2 is 1.88 bits per heavy atom. The summed E-state index contributed by atoms with van der Waals surface area (Å²) >= 11 is 10.6. The van der Waals surface area contributed by atoms with E-state index in [0.717, 1.165) is 10.9 Å². The minimum Gasteiger partial charge on any atom is -0.204 e. The van der Waals surface area contributed by atoms with Crippen LogP contribution in [0.4, 0.5) is 8.78 Å². The molecule has 0 spiro atoms. The van der Waals surface area contributed by atoms with Gasteiger partial charge in [0.1, 0.15) is 0 Å². The quantitative estimate of drug-likeness (QED) is 0.669. The number of alkyl halides is 1. The largest absolute Gasteiger partial charge is 0.204 e. The van der Waals surface area contributed by atoms with Crippen LogP contribution in [0.1, 0.15) is 15.3 Å². The van der Waals surface area contributed by atoms with E-state index in [1.54, 1.807) is 12.1 Å². The van der Waals surface area contributed by atoms with E-state index in [1.807, 2.05) is 6.07 Å². The lowest BCUT2D eigenvalue weighted by Gasteiger charge is -2.08. The Balaban J connectivity index is 2.33. The third-order valence-electron chi connectivity index (χ3n) is 2.08. The monoisotopic (exact) mass is 322 g/mol. The Hall–Kier alpha value is -0.450. The van der Waals surface area contributed by atoms with Gasteiger partial charge in [-0.05, 0) is 29.8 Å². The fraction of sp³-hybridized carbons (Fsp3) is 0.0909. The molecule has 0 amide bonds. The number of rotatable bonds is 2. The summed E-state index contributed by atoms with van der Waals surface area (Å²) in [4.78, 5) is 0.788. The van der Waals surface area contributed by atoms with E-state index in [1.165, 1.54) is 17.4 Å². The molecule has 0 aliphatic heterocycles. The first-order valence-electron chi connectivity index (χ1n) is 4.42. The van der Waals surface area contributed by atoms with Crippen molar-refractivity contribution in [1.29, 1.82) is 0 Å². The molecule has 16 heavy (non-hydrogen) atoms. The van der Waals surface area contributed by atoms with Gasteiger partial charge in [0.15, 0.2) is 11.6 Å². The third-order valence-corrected chi connectivity index (χ3v) is 4.70. The number of thiophene rings is 1. The molecule has 0 saturated heterocycles. The molecular formula is C11H6BrClF2S. The second-order valence-electron chi connectivity index (χ2n) is 3.18. The molecule has 84 valence electrons. The van der Waals surface area contributed by atoms with Gasteiger partial charge < -0.3 is 0 Å². The lowest BCUT2D eigenvalue weighted by Crippen LogP contribution is -1.92. The molecule has 0 fully saturated rings. The summed E-state index contributed by atoms with van der Waals surface area (Å²) < 4.78 is 26.5. The Labute approximate surface area is 109 Å². The maximum absolute atomic E-state index is 13.0. The SMILES string of the molecule is Fc1ccc(C(Br)c2ccc(Cl)s2)cc1F. The zero-order chi connectivity index (χ0) is 11.7. The molecule has 0 N–H and O–H groups in total. The van der Waals surface area contributed by atoms with Crippen molar-refractivity contribution in [3.05, 3.63) is 56.7 Å². The zero-order valence-corrected chi connectivity index (χ0v) is 11.0. The summed E-state index contributed by atoms with van der Waals surface area (Å²) in [6.45, 7) is 0. The summed E-state index contributed by atoms with van der Waals surface area (Å²) in [5, 5.41) is 0. The molecule has 0 saturated carbocycles. The number of hydrogen-bond donors (Lipinski definition) is 0. The van der Waals surface area contributed by atoms with Crippen molar-refractivity contribution < 1.29 is 8.78 Å². The van der Waals surface area contributed by atoms with Crippen LogP contribution >= 0.6 is 38.9 Å². The maximum atomic E-state index is 13.0. The van der Waals surface area contributed by atoms with Crippen LogP contribution < -0.4 is 0 Å². The van der Waals surface area contributed by atoms with E-state index in [2.05, 4.69) is 15.9 Å². The van der Waals surface area contributed by atoms with Crippen LogP contribution in [0.15, 0.2) is 30.3 Å². The van der Waals surface area contributed by atoms with E-state index in [0.29, 0.717) is 9.90 Å². The molecule has 0 aliphatic rings. The molecule has 2 aromatic rings. The average molecular weight is 324 g/mol. The molecule has 2 rings (SSSR count). The summed E-state index contributed by atoms with van der Waals surface area (Å²) in [5.41, 5.74) is 0.664. The van der Waals surface area contributed by atoms with Crippen molar-refractivity contribution in [2.75, 3.05) is 0 Å². The number of benzene rings is 1.